The number of nitrogens with zero attached hydrogens (tertiary/aromatic N) is 1. The third-order valence-electron chi connectivity index (χ3n) is 2.86. The van der Waals surface area contributed by atoms with E-state index in [2.05, 4.69) is 10.5 Å². The first-order chi connectivity index (χ1) is 10.0. The van der Waals surface area contributed by atoms with Gasteiger partial charge in [0.2, 0.25) is 5.91 Å². The van der Waals surface area contributed by atoms with Crippen molar-refractivity contribution in [2.75, 3.05) is 0 Å². The quantitative estimate of drug-likeness (QED) is 0.673. The van der Waals surface area contributed by atoms with Gasteiger partial charge in [-0.05, 0) is 42.3 Å². The predicted octanol–water partition coefficient (Wildman–Crippen LogP) is 3.05. The van der Waals surface area contributed by atoms with E-state index in [9.17, 15) is 9.90 Å². The minimum Gasteiger partial charge on any atom is -0.507 e. The molecular weight excluding hydrogens is 288 g/mol. The first-order valence-electron chi connectivity index (χ1n) is 6.40. The summed E-state index contributed by atoms with van der Waals surface area (Å²) in [6.07, 6.45) is 1.63. The minimum absolute atomic E-state index is 0.130. The highest BCUT2D eigenvalue weighted by molar-refractivity contribution is 6.30. The van der Waals surface area contributed by atoms with Crippen molar-refractivity contribution in [1.82, 2.24) is 5.43 Å². The van der Waals surface area contributed by atoms with Gasteiger partial charge in [-0.1, -0.05) is 29.8 Å². The van der Waals surface area contributed by atoms with Crippen molar-refractivity contribution in [3.8, 4) is 5.75 Å². The fourth-order valence-corrected chi connectivity index (χ4v) is 1.89. The Labute approximate surface area is 128 Å². The Morgan fingerprint density at radius 2 is 2.00 bits per heavy atom. The third-order valence-corrected chi connectivity index (χ3v) is 3.11. The fraction of sp³-hybridized carbons (Fsp3) is 0.125. The molecule has 0 unspecified atom stereocenters. The van der Waals surface area contributed by atoms with E-state index in [1.807, 2.05) is 13.0 Å². The van der Waals surface area contributed by atoms with Gasteiger partial charge in [0.05, 0.1) is 12.6 Å². The van der Waals surface area contributed by atoms with E-state index < -0.39 is 0 Å². The Kier molecular flexibility index (Phi) is 4.95. The average molecular weight is 303 g/mol. The zero-order valence-corrected chi connectivity index (χ0v) is 12.3. The normalized spacial score (nSPS) is 10.8. The number of hydrogen-bond acceptors (Lipinski definition) is 3. The highest BCUT2D eigenvalue weighted by atomic mass is 35.5. The number of carbonyl (C=O) groups is 1. The molecule has 108 valence electrons. The molecule has 0 atom stereocenters. The highest BCUT2D eigenvalue weighted by Gasteiger charge is 2.02. The molecule has 0 fully saturated rings. The van der Waals surface area contributed by atoms with E-state index in [4.69, 9.17) is 11.6 Å². The van der Waals surface area contributed by atoms with Crippen molar-refractivity contribution in [3.63, 3.8) is 0 Å². The van der Waals surface area contributed by atoms with Gasteiger partial charge in [0.15, 0.2) is 0 Å². The number of aryl methyl sites for hydroxylation is 1. The molecule has 0 heterocycles. The summed E-state index contributed by atoms with van der Waals surface area (Å²) < 4.78 is 0. The number of amides is 1. The maximum Gasteiger partial charge on any atom is 0.244 e. The van der Waals surface area contributed by atoms with Gasteiger partial charge in [-0.2, -0.15) is 5.10 Å². The summed E-state index contributed by atoms with van der Waals surface area (Å²) in [6.45, 7) is 1.88. The van der Waals surface area contributed by atoms with Crippen LogP contribution >= 0.6 is 11.6 Å². The van der Waals surface area contributed by atoms with Crippen LogP contribution in [-0.4, -0.2) is 17.2 Å². The molecule has 0 radical (unpaired) electrons. The van der Waals surface area contributed by atoms with E-state index in [-0.39, 0.29) is 18.1 Å². The number of phenolic OH excluding ortho intramolecular Hbond substituents is 1. The fourth-order valence-electron chi connectivity index (χ4n) is 1.76. The lowest BCUT2D eigenvalue weighted by molar-refractivity contribution is -0.120. The van der Waals surface area contributed by atoms with Crippen LogP contribution in [0.25, 0.3) is 0 Å². The highest BCUT2D eigenvalue weighted by Crippen LogP contribution is 2.16. The van der Waals surface area contributed by atoms with Gasteiger partial charge < -0.3 is 5.11 Å². The predicted molar refractivity (Wildman–Crippen MR) is 83.7 cm³/mol. The smallest absolute Gasteiger partial charge is 0.244 e. The van der Waals surface area contributed by atoms with Crippen LogP contribution in [0.3, 0.4) is 0 Å². The van der Waals surface area contributed by atoms with Crippen molar-refractivity contribution < 1.29 is 9.90 Å². The number of carbonyl (C=O) groups excluding carboxylic acids is 1. The number of hydrogen-bond donors (Lipinski definition) is 2. The molecule has 5 heteroatoms. The van der Waals surface area contributed by atoms with Crippen molar-refractivity contribution >= 4 is 23.7 Å². The molecular formula is C16H15ClN2O2. The van der Waals surface area contributed by atoms with Crippen molar-refractivity contribution in [3.05, 3.63) is 64.2 Å². The minimum atomic E-state index is -0.236. The maximum absolute atomic E-state index is 11.7. The molecule has 1 amide bonds. The molecule has 2 aromatic carbocycles. The van der Waals surface area contributed by atoms with E-state index in [0.717, 1.165) is 11.1 Å². The lowest BCUT2D eigenvalue weighted by Crippen LogP contribution is -2.19. The number of nitrogens with one attached hydrogen (secondary N) is 1. The summed E-state index contributed by atoms with van der Waals surface area (Å²) >= 11 is 5.78. The Hall–Kier alpha value is -2.33. The van der Waals surface area contributed by atoms with Gasteiger partial charge in [-0.25, -0.2) is 5.43 Å². The van der Waals surface area contributed by atoms with Gasteiger partial charge in [0.25, 0.3) is 0 Å². The summed E-state index contributed by atoms with van der Waals surface area (Å²) in [5.74, 6) is -0.106. The molecule has 0 bridgehead atoms. The average Bonchev–Trinajstić information content (AvgIpc) is 2.44. The zero-order valence-electron chi connectivity index (χ0n) is 11.5. The molecule has 2 N–H and O–H groups in total. The van der Waals surface area contributed by atoms with Gasteiger partial charge in [0, 0.05) is 10.6 Å². The van der Waals surface area contributed by atoms with Crippen molar-refractivity contribution in [2.24, 2.45) is 5.10 Å². The molecule has 2 rings (SSSR count). The summed E-state index contributed by atoms with van der Waals surface area (Å²) in [7, 11) is 0. The molecule has 0 aliphatic heterocycles. The van der Waals surface area contributed by atoms with Crippen LogP contribution in [-0.2, 0) is 11.2 Å². The Morgan fingerprint density at radius 3 is 2.67 bits per heavy atom. The van der Waals surface area contributed by atoms with Crippen LogP contribution < -0.4 is 5.43 Å². The molecule has 0 aliphatic rings. The van der Waals surface area contributed by atoms with E-state index >= 15 is 0 Å². The first-order valence-corrected chi connectivity index (χ1v) is 6.78. The van der Waals surface area contributed by atoms with E-state index in [0.29, 0.717) is 10.6 Å². The summed E-state index contributed by atoms with van der Waals surface area (Å²) in [5, 5.41) is 14.2. The number of hydrazone groups is 1. The van der Waals surface area contributed by atoms with E-state index in [1.54, 1.807) is 36.4 Å². The second-order valence-corrected chi connectivity index (χ2v) is 5.10. The Balaban J connectivity index is 1.91. The Bertz CT molecular complexity index is 666. The summed E-state index contributed by atoms with van der Waals surface area (Å²) in [4.78, 5) is 11.7. The molecule has 0 aliphatic carbocycles. The van der Waals surface area contributed by atoms with Crippen LogP contribution in [0.2, 0.25) is 5.02 Å². The van der Waals surface area contributed by atoms with Gasteiger partial charge in [-0.15, -0.1) is 0 Å². The van der Waals surface area contributed by atoms with Gasteiger partial charge in [0.1, 0.15) is 5.75 Å². The molecule has 4 nitrogen and oxygen atoms in total. The largest absolute Gasteiger partial charge is 0.507 e. The van der Waals surface area contributed by atoms with Crippen molar-refractivity contribution in [2.45, 2.75) is 13.3 Å². The van der Waals surface area contributed by atoms with Crippen LogP contribution in [0.1, 0.15) is 16.7 Å². The van der Waals surface area contributed by atoms with Gasteiger partial charge in [-0.3, -0.25) is 4.79 Å². The van der Waals surface area contributed by atoms with Crippen LogP contribution in [0.4, 0.5) is 0 Å². The molecule has 0 aromatic heterocycles. The van der Waals surface area contributed by atoms with Crippen molar-refractivity contribution in [1.29, 1.82) is 0 Å². The lowest BCUT2D eigenvalue weighted by atomic mass is 10.1. The molecule has 0 spiro atoms. The molecule has 2 aromatic rings. The summed E-state index contributed by atoms with van der Waals surface area (Å²) in [5.41, 5.74) is 4.78. The van der Waals surface area contributed by atoms with Crippen LogP contribution in [0.15, 0.2) is 47.6 Å². The SMILES string of the molecule is Cc1ccc(C=NNC(=O)Cc2ccc(Cl)cc2)c(O)c1. The first kappa shape index (κ1) is 15.1. The molecule has 21 heavy (non-hydrogen) atoms. The lowest BCUT2D eigenvalue weighted by Gasteiger charge is -2.02. The molecule has 0 saturated carbocycles. The van der Waals surface area contributed by atoms with Gasteiger partial charge >= 0.3 is 0 Å². The number of aromatic hydroxyl groups is 1. The number of rotatable bonds is 4. The van der Waals surface area contributed by atoms with Crippen LogP contribution in [0, 0.1) is 6.92 Å². The molecule has 0 saturated heterocycles. The monoisotopic (exact) mass is 302 g/mol. The third kappa shape index (κ3) is 4.61. The van der Waals surface area contributed by atoms with Crippen LogP contribution in [0.5, 0.6) is 5.75 Å². The maximum atomic E-state index is 11.7. The second-order valence-electron chi connectivity index (χ2n) is 4.66. The van der Waals surface area contributed by atoms with E-state index in [1.165, 1.54) is 6.21 Å². The summed E-state index contributed by atoms with van der Waals surface area (Å²) in [6, 6.07) is 12.3. The second kappa shape index (κ2) is 6.90. The standard InChI is InChI=1S/C16H15ClN2O2/c1-11-2-5-13(15(20)8-11)10-18-19-16(21)9-12-3-6-14(17)7-4-12/h2-8,10,20H,9H2,1H3,(H,19,21). The number of phenols is 1. The number of benzene rings is 2. The topological polar surface area (TPSA) is 61.7 Å². The zero-order chi connectivity index (χ0) is 15.2. The Morgan fingerprint density at radius 1 is 1.29 bits per heavy atom. The number of halogens is 1.